The molecule has 5 nitrogen and oxygen atoms in total. The van der Waals surface area contributed by atoms with Crippen molar-refractivity contribution in [2.45, 2.75) is 13.3 Å². The lowest BCUT2D eigenvalue weighted by atomic mass is 10.4. The Hall–Kier alpha value is -1.65. The summed E-state index contributed by atoms with van der Waals surface area (Å²) in [4.78, 5) is 19.3. The van der Waals surface area contributed by atoms with Gasteiger partial charge in [0.25, 0.3) is 5.91 Å². The van der Waals surface area contributed by atoms with Crippen LogP contribution in [-0.4, -0.2) is 29.5 Å². The van der Waals surface area contributed by atoms with Crippen LogP contribution in [0.5, 0.6) is 0 Å². The van der Waals surface area contributed by atoms with Gasteiger partial charge in [0, 0.05) is 13.6 Å². The third kappa shape index (κ3) is 2.69. The fourth-order valence-corrected chi connectivity index (χ4v) is 0.903. The Bertz CT molecular complexity index is 296. The van der Waals surface area contributed by atoms with Crippen LogP contribution in [0.4, 0.5) is 5.82 Å². The normalized spacial score (nSPS) is 9.57. The van der Waals surface area contributed by atoms with E-state index in [1.807, 2.05) is 6.92 Å². The molecule has 1 heterocycles. The van der Waals surface area contributed by atoms with Crippen LogP contribution in [0.15, 0.2) is 12.4 Å². The van der Waals surface area contributed by atoms with Crippen molar-refractivity contribution in [1.82, 2.24) is 15.3 Å². The third-order valence-electron chi connectivity index (χ3n) is 1.68. The minimum atomic E-state index is -0.179. The van der Waals surface area contributed by atoms with Gasteiger partial charge >= 0.3 is 0 Å². The predicted molar refractivity (Wildman–Crippen MR) is 54.2 cm³/mol. The molecule has 1 aromatic rings. The van der Waals surface area contributed by atoms with Gasteiger partial charge in [0.05, 0.1) is 12.4 Å². The summed E-state index contributed by atoms with van der Waals surface area (Å²) in [5, 5.41) is 5.56. The second kappa shape index (κ2) is 5.16. The standard InChI is InChI=1S/C9H14N4O/c1-3-4-11-9(14)7-5-13-8(10-2)6-12-7/h5-6H,3-4H2,1-2H3,(H,10,13)(H,11,14). The van der Waals surface area contributed by atoms with Crippen molar-refractivity contribution in [3.05, 3.63) is 18.1 Å². The van der Waals surface area contributed by atoms with Crippen molar-refractivity contribution in [3.63, 3.8) is 0 Å². The molecule has 0 atom stereocenters. The first-order valence-corrected chi connectivity index (χ1v) is 4.56. The van der Waals surface area contributed by atoms with Crippen molar-refractivity contribution < 1.29 is 4.79 Å². The minimum absolute atomic E-state index is 0.179. The molecule has 14 heavy (non-hydrogen) atoms. The van der Waals surface area contributed by atoms with Crippen LogP contribution in [-0.2, 0) is 0 Å². The maximum absolute atomic E-state index is 11.4. The van der Waals surface area contributed by atoms with Gasteiger partial charge in [0.15, 0.2) is 0 Å². The quantitative estimate of drug-likeness (QED) is 0.738. The van der Waals surface area contributed by atoms with Gasteiger partial charge in [-0.05, 0) is 6.42 Å². The number of nitrogens with one attached hydrogen (secondary N) is 2. The molecule has 0 bridgehead atoms. The first kappa shape index (κ1) is 10.4. The highest BCUT2D eigenvalue weighted by atomic mass is 16.1. The highest BCUT2D eigenvalue weighted by molar-refractivity contribution is 5.91. The Morgan fingerprint density at radius 2 is 2.21 bits per heavy atom. The molecule has 1 aromatic heterocycles. The van der Waals surface area contributed by atoms with Crippen molar-refractivity contribution in [2.75, 3.05) is 18.9 Å². The van der Waals surface area contributed by atoms with E-state index in [2.05, 4.69) is 20.6 Å². The number of aromatic nitrogens is 2. The van der Waals surface area contributed by atoms with Crippen LogP contribution in [0.1, 0.15) is 23.8 Å². The highest BCUT2D eigenvalue weighted by Gasteiger charge is 2.05. The maximum Gasteiger partial charge on any atom is 0.271 e. The number of rotatable bonds is 4. The van der Waals surface area contributed by atoms with E-state index >= 15 is 0 Å². The molecule has 0 radical (unpaired) electrons. The lowest BCUT2D eigenvalue weighted by Gasteiger charge is -2.02. The lowest BCUT2D eigenvalue weighted by Crippen LogP contribution is -2.25. The van der Waals surface area contributed by atoms with E-state index in [-0.39, 0.29) is 5.91 Å². The van der Waals surface area contributed by atoms with E-state index in [9.17, 15) is 4.79 Å². The SMILES string of the molecule is CCCNC(=O)c1cnc(NC)cn1. The molecule has 0 fully saturated rings. The second-order valence-corrected chi connectivity index (χ2v) is 2.79. The molecule has 2 N–H and O–H groups in total. The van der Waals surface area contributed by atoms with Crippen LogP contribution < -0.4 is 10.6 Å². The van der Waals surface area contributed by atoms with Crippen molar-refractivity contribution in [2.24, 2.45) is 0 Å². The van der Waals surface area contributed by atoms with Crippen LogP contribution in [0.3, 0.4) is 0 Å². The number of anilines is 1. The molecule has 1 amide bonds. The minimum Gasteiger partial charge on any atom is -0.372 e. The smallest absolute Gasteiger partial charge is 0.271 e. The Labute approximate surface area is 83.0 Å². The summed E-state index contributed by atoms with van der Waals surface area (Å²) in [7, 11) is 1.75. The number of carbonyl (C=O) groups excluding carboxylic acids is 1. The summed E-state index contributed by atoms with van der Waals surface area (Å²) in [6, 6.07) is 0. The van der Waals surface area contributed by atoms with E-state index in [1.165, 1.54) is 12.4 Å². The summed E-state index contributed by atoms with van der Waals surface area (Å²) in [5.41, 5.74) is 0.345. The van der Waals surface area contributed by atoms with Gasteiger partial charge in [-0.3, -0.25) is 4.79 Å². The van der Waals surface area contributed by atoms with E-state index in [0.717, 1.165) is 6.42 Å². The van der Waals surface area contributed by atoms with Crippen molar-refractivity contribution in [3.8, 4) is 0 Å². The van der Waals surface area contributed by atoms with E-state index in [0.29, 0.717) is 18.1 Å². The molecule has 0 unspecified atom stereocenters. The number of carbonyl (C=O) groups is 1. The first-order valence-electron chi connectivity index (χ1n) is 4.56. The average Bonchev–Trinajstić information content (AvgIpc) is 2.26. The topological polar surface area (TPSA) is 66.9 Å². The Morgan fingerprint density at radius 1 is 1.43 bits per heavy atom. The zero-order chi connectivity index (χ0) is 10.4. The molecular weight excluding hydrogens is 180 g/mol. The monoisotopic (exact) mass is 194 g/mol. The van der Waals surface area contributed by atoms with Crippen molar-refractivity contribution >= 4 is 11.7 Å². The van der Waals surface area contributed by atoms with Crippen molar-refractivity contribution in [1.29, 1.82) is 0 Å². The molecule has 0 aliphatic carbocycles. The number of nitrogens with zero attached hydrogens (tertiary/aromatic N) is 2. The van der Waals surface area contributed by atoms with Gasteiger partial charge in [-0.15, -0.1) is 0 Å². The molecule has 76 valence electrons. The van der Waals surface area contributed by atoms with Gasteiger partial charge in [-0.2, -0.15) is 0 Å². The van der Waals surface area contributed by atoms with E-state index in [4.69, 9.17) is 0 Å². The maximum atomic E-state index is 11.4. The number of hydrogen-bond acceptors (Lipinski definition) is 4. The van der Waals surface area contributed by atoms with Gasteiger partial charge < -0.3 is 10.6 Å². The van der Waals surface area contributed by atoms with Crippen LogP contribution >= 0.6 is 0 Å². The largest absolute Gasteiger partial charge is 0.372 e. The van der Waals surface area contributed by atoms with Gasteiger partial charge in [0.2, 0.25) is 0 Å². The summed E-state index contributed by atoms with van der Waals surface area (Å²) in [5.74, 6) is 0.471. The van der Waals surface area contributed by atoms with Gasteiger partial charge in [0.1, 0.15) is 11.5 Å². The van der Waals surface area contributed by atoms with E-state index in [1.54, 1.807) is 7.05 Å². The second-order valence-electron chi connectivity index (χ2n) is 2.79. The highest BCUT2D eigenvalue weighted by Crippen LogP contribution is 1.99. The van der Waals surface area contributed by atoms with Crippen LogP contribution in [0, 0.1) is 0 Å². The molecular formula is C9H14N4O. The Kier molecular flexibility index (Phi) is 3.84. The molecule has 0 spiro atoms. The zero-order valence-electron chi connectivity index (χ0n) is 8.37. The number of amides is 1. The Balaban J connectivity index is 2.62. The Morgan fingerprint density at radius 3 is 2.71 bits per heavy atom. The first-order chi connectivity index (χ1) is 6.77. The summed E-state index contributed by atoms with van der Waals surface area (Å²) in [6.07, 6.45) is 3.89. The van der Waals surface area contributed by atoms with Gasteiger partial charge in [-0.1, -0.05) is 6.92 Å². The molecule has 0 aliphatic rings. The number of hydrogen-bond donors (Lipinski definition) is 2. The molecule has 0 saturated heterocycles. The van der Waals surface area contributed by atoms with Crippen LogP contribution in [0.25, 0.3) is 0 Å². The molecule has 0 aromatic carbocycles. The summed E-state index contributed by atoms with van der Waals surface area (Å²) >= 11 is 0. The average molecular weight is 194 g/mol. The predicted octanol–water partition coefficient (Wildman–Crippen LogP) is 0.658. The summed E-state index contributed by atoms with van der Waals surface area (Å²) in [6.45, 7) is 2.66. The molecule has 1 rings (SSSR count). The van der Waals surface area contributed by atoms with E-state index < -0.39 is 0 Å². The third-order valence-corrected chi connectivity index (χ3v) is 1.68. The fraction of sp³-hybridized carbons (Fsp3) is 0.444. The molecule has 0 aliphatic heterocycles. The van der Waals surface area contributed by atoms with Crippen LogP contribution in [0.2, 0.25) is 0 Å². The molecule has 5 heteroatoms. The lowest BCUT2D eigenvalue weighted by molar-refractivity contribution is 0.0948. The molecule has 0 saturated carbocycles. The summed E-state index contributed by atoms with van der Waals surface area (Å²) < 4.78 is 0. The fourth-order valence-electron chi connectivity index (χ4n) is 0.903. The van der Waals surface area contributed by atoms with Gasteiger partial charge in [-0.25, -0.2) is 9.97 Å². The zero-order valence-corrected chi connectivity index (χ0v) is 8.37.